The Balaban J connectivity index is 3.29. The van der Waals surface area contributed by atoms with Gasteiger partial charge in [-0.3, -0.25) is 0 Å². The van der Waals surface area contributed by atoms with E-state index < -0.39 is 0 Å². The zero-order chi connectivity index (χ0) is 11.4. The van der Waals surface area contributed by atoms with Gasteiger partial charge in [0.05, 0.1) is 14.2 Å². The van der Waals surface area contributed by atoms with E-state index in [-0.39, 0.29) is 0 Å². The van der Waals surface area contributed by atoms with Crippen molar-refractivity contribution in [2.45, 2.75) is 26.3 Å². The summed E-state index contributed by atoms with van der Waals surface area (Å²) in [6.07, 6.45) is 0. The van der Waals surface area contributed by atoms with E-state index in [4.69, 9.17) is 15.2 Å². The van der Waals surface area contributed by atoms with Crippen LogP contribution in [-0.2, 0) is 6.54 Å². The predicted molar refractivity (Wildman–Crippen MR) is 61.5 cm³/mol. The first-order chi connectivity index (χ1) is 7.13. The first kappa shape index (κ1) is 11.9. The second-order valence-corrected chi connectivity index (χ2v) is 3.77. The number of hydrogen-bond donors (Lipinski definition) is 1. The third-order valence-corrected chi connectivity index (χ3v) is 2.46. The van der Waals surface area contributed by atoms with Crippen LogP contribution in [0.1, 0.15) is 30.9 Å². The van der Waals surface area contributed by atoms with Crippen molar-refractivity contribution >= 4 is 0 Å². The molecule has 0 aliphatic carbocycles. The Kier molecular flexibility index (Phi) is 3.97. The molecule has 0 saturated carbocycles. The molecule has 1 aromatic carbocycles. The van der Waals surface area contributed by atoms with Crippen LogP contribution in [0.2, 0.25) is 0 Å². The molecule has 0 radical (unpaired) electrons. The topological polar surface area (TPSA) is 44.5 Å². The fraction of sp³-hybridized carbons (Fsp3) is 0.500. The minimum atomic E-state index is 0.454. The lowest BCUT2D eigenvalue weighted by atomic mass is 9.99. The van der Waals surface area contributed by atoms with Gasteiger partial charge in [-0.1, -0.05) is 19.9 Å². The van der Waals surface area contributed by atoms with Crippen LogP contribution in [0.3, 0.4) is 0 Å². The van der Waals surface area contributed by atoms with Crippen LogP contribution in [-0.4, -0.2) is 14.2 Å². The lowest BCUT2D eigenvalue weighted by Gasteiger charge is -2.15. The highest BCUT2D eigenvalue weighted by Gasteiger charge is 2.12. The van der Waals surface area contributed by atoms with Crippen molar-refractivity contribution < 1.29 is 9.47 Å². The molecule has 0 aromatic heterocycles. The number of methoxy groups -OCH3 is 2. The van der Waals surface area contributed by atoms with E-state index >= 15 is 0 Å². The molecular formula is C12H19NO2. The Labute approximate surface area is 91.2 Å². The molecule has 84 valence electrons. The van der Waals surface area contributed by atoms with Crippen molar-refractivity contribution in [2.75, 3.05) is 14.2 Å². The van der Waals surface area contributed by atoms with Crippen LogP contribution in [0, 0.1) is 0 Å². The molecule has 2 N–H and O–H groups in total. The maximum atomic E-state index is 5.68. The minimum absolute atomic E-state index is 0.454. The SMILES string of the molecule is COc1cc(C(C)C)cc(CN)c1OC. The van der Waals surface area contributed by atoms with Gasteiger partial charge in [0, 0.05) is 12.1 Å². The molecule has 0 aliphatic heterocycles. The highest BCUT2D eigenvalue weighted by molar-refractivity contribution is 5.50. The Morgan fingerprint density at radius 3 is 2.27 bits per heavy atom. The summed E-state index contributed by atoms with van der Waals surface area (Å²) in [5, 5.41) is 0. The molecule has 1 aromatic rings. The summed E-state index contributed by atoms with van der Waals surface area (Å²) >= 11 is 0. The van der Waals surface area contributed by atoms with Crippen LogP contribution >= 0.6 is 0 Å². The van der Waals surface area contributed by atoms with Gasteiger partial charge in [0.25, 0.3) is 0 Å². The van der Waals surface area contributed by atoms with E-state index in [0.29, 0.717) is 12.5 Å². The molecule has 0 saturated heterocycles. The van der Waals surface area contributed by atoms with E-state index in [9.17, 15) is 0 Å². The summed E-state index contributed by atoms with van der Waals surface area (Å²) < 4.78 is 10.6. The van der Waals surface area contributed by atoms with E-state index in [2.05, 4.69) is 19.9 Å². The Hall–Kier alpha value is -1.22. The number of nitrogens with two attached hydrogens (primary N) is 1. The Bertz CT molecular complexity index is 309. The molecule has 1 rings (SSSR count). The maximum absolute atomic E-state index is 5.68. The molecule has 3 nitrogen and oxygen atoms in total. The minimum Gasteiger partial charge on any atom is -0.493 e. The van der Waals surface area contributed by atoms with Gasteiger partial charge in [-0.25, -0.2) is 0 Å². The Morgan fingerprint density at radius 2 is 1.87 bits per heavy atom. The Morgan fingerprint density at radius 1 is 1.20 bits per heavy atom. The van der Waals surface area contributed by atoms with Crippen molar-refractivity contribution in [2.24, 2.45) is 5.73 Å². The van der Waals surface area contributed by atoms with Gasteiger partial charge in [-0.15, -0.1) is 0 Å². The summed E-state index contributed by atoms with van der Waals surface area (Å²) in [6, 6.07) is 4.08. The fourth-order valence-corrected chi connectivity index (χ4v) is 1.55. The monoisotopic (exact) mass is 209 g/mol. The summed E-state index contributed by atoms with van der Waals surface area (Å²) in [5.41, 5.74) is 7.89. The van der Waals surface area contributed by atoms with Crippen LogP contribution in [0.5, 0.6) is 11.5 Å². The van der Waals surface area contributed by atoms with Crippen molar-refractivity contribution in [1.29, 1.82) is 0 Å². The molecule has 0 fully saturated rings. The lowest BCUT2D eigenvalue weighted by molar-refractivity contribution is 0.351. The first-order valence-corrected chi connectivity index (χ1v) is 5.08. The number of ether oxygens (including phenoxy) is 2. The van der Waals surface area contributed by atoms with Gasteiger partial charge in [-0.2, -0.15) is 0 Å². The third kappa shape index (κ3) is 2.42. The normalized spacial score (nSPS) is 10.5. The van der Waals surface area contributed by atoms with E-state index in [1.807, 2.05) is 6.07 Å². The number of hydrogen-bond acceptors (Lipinski definition) is 3. The average molecular weight is 209 g/mol. The molecule has 0 bridgehead atoms. The quantitative estimate of drug-likeness (QED) is 0.827. The fourth-order valence-electron chi connectivity index (χ4n) is 1.55. The zero-order valence-corrected chi connectivity index (χ0v) is 9.83. The predicted octanol–water partition coefficient (Wildman–Crippen LogP) is 2.29. The molecule has 0 atom stereocenters. The summed E-state index contributed by atoms with van der Waals surface area (Å²) in [4.78, 5) is 0. The highest BCUT2D eigenvalue weighted by Crippen LogP contribution is 2.34. The van der Waals surface area contributed by atoms with Gasteiger partial charge in [0.2, 0.25) is 0 Å². The van der Waals surface area contributed by atoms with Crippen molar-refractivity contribution in [1.82, 2.24) is 0 Å². The van der Waals surface area contributed by atoms with Crippen LogP contribution in [0.15, 0.2) is 12.1 Å². The van der Waals surface area contributed by atoms with Crippen LogP contribution in [0.4, 0.5) is 0 Å². The van der Waals surface area contributed by atoms with Gasteiger partial charge >= 0.3 is 0 Å². The standard InChI is InChI=1S/C12H19NO2/c1-8(2)9-5-10(7-13)12(15-4)11(6-9)14-3/h5-6,8H,7,13H2,1-4H3. The van der Waals surface area contributed by atoms with Crippen molar-refractivity contribution in [3.8, 4) is 11.5 Å². The first-order valence-electron chi connectivity index (χ1n) is 5.08. The third-order valence-electron chi connectivity index (χ3n) is 2.46. The molecule has 0 amide bonds. The smallest absolute Gasteiger partial charge is 0.165 e. The zero-order valence-electron chi connectivity index (χ0n) is 9.83. The molecule has 0 spiro atoms. The molecular weight excluding hydrogens is 190 g/mol. The van der Waals surface area contributed by atoms with Gasteiger partial charge in [-0.05, 0) is 17.5 Å². The van der Waals surface area contributed by atoms with Crippen molar-refractivity contribution in [3.63, 3.8) is 0 Å². The largest absolute Gasteiger partial charge is 0.493 e. The molecule has 0 unspecified atom stereocenters. The molecule has 0 aliphatic rings. The molecule has 0 heterocycles. The van der Waals surface area contributed by atoms with Crippen LogP contribution in [0.25, 0.3) is 0 Å². The second kappa shape index (κ2) is 5.03. The number of benzene rings is 1. The summed E-state index contributed by atoms with van der Waals surface area (Å²) in [6.45, 7) is 4.74. The van der Waals surface area contributed by atoms with Gasteiger partial charge in [0.15, 0.2) is 11.5 Å². The van der Waals surface area contributed by atoms with E-state index in [0.717, 1.165) is 17.1 Å². The second-order valence-electron chi connectivity index (χ2n) is 3.77. The van der Waals surface area contributed by atoms with Gasteiger partial charge in [0.1, 0.15) is 0 Å². The summed E-state index contributed by atoms with van der Waals surface area (Å²) in [5.74, 6) is 1.95. The average Bonchev–Trinajstić information content (AvgIpc) is 2.26. The summed E-state index contributed by atoms with van der Waals surface area (Å²) in [7, 11) is 3.27. The lowest BCUT2D eigenvalue weighted by Crippen LogP contribution is -2.03. The molecule has 15 heavy (non-hydrogen) atoms. The molecule has 3 heteroatoms. The van der Waals surface area contributed by atoms with E-state index in [1.165, 1.54) is 5.56 Å². The van der Waals surface area contributed by atoms with Gasteiger partial charge < -0.3 is 15.2 Å². The maximum Gasteiger partial charge on any atom is 0.165 e. The van der Waals surface area contributed by atoms with Crippen molar-refractivity contribution in [3.05, 3.63) is 23.3 Å². The highest BCUT2D eigenvalue weighted by atomic mass is 16.5. The van der Waals surface area contributed by atoms with E-state index in [1.54, 1.807) is 14.2 Å². The van der Waals surface area contributed by atoms with Crippen LogP contribution < -0.4 is 15.2 Å². The number of rotatable bonds is 4.